The number of hydrogen-bond donors (Lipinski definition) is 0. The number of ketones is 1. The van der Waals surface area contributed by atoms with E-state index in [4.69, 9.17) is 4.74 Å². The maximum atomic E-state index is 12.7. The van der Waals surface area contributed by atoms with E-state index in [0.717, 1.165) is 5.56 Å². The van der Waals surface area contributed by atoms with E-state index in [1.807, 2.05) is 25.1 Å². The topological polar surface area (TPSA) is 66.9 Å². The Balaban J connectivity index is 1.56. The van der Waals surface area contributed by atoms with Gasteiger partial charge in [0.15, 0.2) is 12.4 Å². The van der Waals surface area contributed by atoms with Gasteiger partial charge in [0, 0.05) is 24.2 Å². The summed E-state index contributed by atoms with van der Waals surface area (Å²) in [7, 11) is 0. The summed E-state index contributed by atoms with van der Waals surface area (Å²) in [5.41, 5.74) is 2.66. The van der Waals surface area contributed by atoms with E-state index in [2.05, 4.69) is 0 Å². The minimum absolute atomic E-state index is 0.00717. The number of Topliss-reactive ketones (excluding diaryl/α,β-unsaturated/α-hetero) is 1. The highest BCUT2D eigenvalue weighted by Crippen LogP contribution is 2.33. The van der Waals surface area contributed by atoms with Crippen molar-refractivity contribution in [2.24, 2.45) is 0 Å². The molecule has 0 atom stereocenters. The third-order valence-corrected chi connectivity index (χ3v) is 4.77. The van der Waals surface area contributed by atoms with Gasteiger partial charge in [-0.15, -0.1) is 0 Å². The van der Waals surface area contributed by atoms with E-state index in [-0.39, 0.29) is 30.7 Å². The van der Waals surface area contributed by atoms with Crippen LogP contribution >= 0.6 is 0 Å². The molecule has 2 aromatic carbocycles. The molecule has 0 bridgehead atoms. The summed E-state index contributed by atoms with van der Waals surface area (Å²) in [6.45, 7) is 2.84. The van der Waals surface area contributed by atoms with Crippen LogP contribution in [-0.2, 0) is 11.3 Å². The lowest BCUT2D eigenvalue weighted by molar-refractivity contribution is -0.121. The van der Waals surface area contributed by atoms with Gasteiger partial charge in [-0.2, -0.15) is 0 Å². The Morgan fingerprint density at radius 1 is 1.15 bits per heavy atom. The van der Waals surface area contributed by atoms with Gasteiger partial charge in [-0.05, 0) is 36.8 Å². The molecule has 26 heavy (non-hydrogen) atoms. The number of rotatable bonds is 4. The number of fused-ring (bicyclic) bond motifs is 2. The first-order valence-corrected chi connectivity index (χ1v) is 8.56. The van der Waals surface area contributed by atoms with Gasteiger partial charge >= 0.3 is 0 Å². The van der Waals surface area contributed by atoms with Crippen LogP contribution in [0.1, 0.15) is 33.2 Å². The summed E-state index contributed by atoms with van der Waals surface area (Å²) < 4.78 is 5.43. The first kappa shape index (κ1) is 16.3. The lowest BCUT2D eigenvalue weighted by Crippen LogP contribution is -2.38. The molecule has 132 valence electrons. The van der Waals surface area contributed by atoms with Crippen molar-refractivity contribution in [1.82, 2.24) is 4.90 Å². The molecule has 0 aromatic heterocycles. The number of amides is 2. The number of benzene rings is 2. The van der Waals surface area contributed by atoms with E-state index >= 15 is 0 Å². The van der Waals surface area contributed by atoms with Gasteiger partial charge in [-0.3, -0.25) is 14.4 Å². The van der Waals surface area contributed by atoms with Gasteiger partial charge in [0.2, 0.25) is 0 Å². The van der Waals surface area contributed by atoms with E-state index in [0.29, 0.717) is 35.7 Å². The maximum absolute atomic E-state index is 12.7. The Bertz CT molecular complexity index is 922. The molecule has 2 aliphatic rings. The lowest BCUT2D eigenvalue weighted by atomic mass is 10.1. The SMILES string of the molecule is CCN1C(=O)COc2ccc(C(=O)CN3Cc4ccccc4C3=O)cc21. The van der Waals surface area contributed by atoms with Gasteiger partial charge in [0.05, 0.1) is 12.2 Å². The minimum Gasteiger partial charge on any atom is -0.482 e. The summed E-state index contributed by atoms with van der Waals surface area (Å²) in [6, 6.07) is 12.4. The normalized spacial score (nSPS) is 15.6. The first-order chi connectivity index (χ1) is 12.6. The molecule has 2 aliphatic heterocycles. The molecule has 2 amide bonds. The average Bonchev–Trinajstić information content (AvgIpc) is 2.97. The Labute approximate surface area is 151 Å². The van der Waals surface area contributed by atoms with Crippen LogP contribution < -0.4 is 9.64 Å². The van der Waals surface area contributed by atoms with Crippen molar-refractivity contribution in [3.8, 4) is 5.75 Å². The third-order valence-electron chi connectivity index (χ3n) is 4.77. The summed E-state index contributed by atoms with van der Waals surface area (Å²) in [4.78, 5) is 40.3. The molecule has 6 heteroatoms. The van der Waals surface area contributed by atoms with E-state index < -0.39 is 0 Å². The number of anilines is 1. The molecule has 0 saturated heterocycles. The highest BCUT2D eigenvalue weighted by Gasteiger charge is 2.29. The smallest absolute Gasteiger partial charge is 0.265 e. The molecule has 2 heterocycles. The van der Waals surface area contributed by atoms with E-state index in [1.165, 1.54) is 0 Å². The van der Waals surface area contributed by atoms with Gasteiger partial charge in [0.1, 0.15) is 5.75 Å². The average molecular weight is 350 g/mol. The van der Waals surface area contributed by atoms with Crippen molar-refractivity contribution in [3.05, 3.63) is 59.2 Å². The molecule has 0 N–H and O–H groups in total. The fourth-order valence-corrected chi connectivity index (χ4v) is 3.43. The Morgan fingerprint density at radius 3 is 2.73 bits per heavy atom. The number of hydrogen-bond acceptors (Lipinski definition) is 4. The summed E-state index contributed by atoms with van der Waals surface area (Å²) in [5, 5.41) is 0. The van der Waals surface area contributed by atoms with Crippen molar-refractivity contribution in [2.45, 2.75) is 13.5 Å². The van der Waals surface area contributed by atoms with Gasteiger partial charge in [-0.25, -0.2) is 0 Å². The van der Waals surface area contributed by atoms with Crippen LogP contribution in [0.4, 0.5) is 5.69 Å². The van der Waals surface area contributed by atoms with Crippen LogP contribution in [0, 0.1) is 0 Å². The number of carbonyl (C=O) groups is 3. The molecule has 4 rings (SSSR count). The van der Waals surface area contributed by atoms with Crippen molar-refractivity contribution in [1.29, 1.82) is 0 Å². The molecule has 0 fully saturated rings. The fourth-order valence-electron chi connectivity index (χ4n) is 3.43. The van der Waals surface area contributed by atoms with Crippen LogP contribution in [-0.4, -0.2) is 42.2 Å². The van der Waals surface area contributed by atoms with Gasteiger partial charge < -0.3 is 14.5 Å². The molecule has 0 saturated carbocycles. The number of carbonyl (C=O) groups excluding carboxylic acids is 3. The molecule has 2 aromatic rings. The Morgan fingerprint density at radius 2 is 1.96 bits per heavy atom. The van der Waals surface area contributed by atoms with Crippen LogP contribution in [0.25, 0.3) is 0 Å². The Hall–Kier alpha value is -3.15. The number of likely N-dealkylation sites (N-methyl/N-ethyl adjacent to an activating group) is 1. The number of ether oxygens (including phenoxy) is 1. The highest BCUT2D eigenvalue weighted by atomic mass is 16.5. The Kier molecular flexibility index (Phi) is 3.95. The van der Waals surface area contributed by atoms with Crippen molar-refractivity contribution < 1.29 is 19.1 Å². The third kappa shape index (κ3) is 2.63. The fraction of sp³-hybridized carbons (Fsp3) is 0.250. The molecule has 0 radical (unpaired) electrons. The second-order valence-corrected chi connectivity index (χ2v) is 6.35. The predicted molar refractivity (Wildman–Crippen MR) is 95.5 cm³/mol. The lowest BCUT2D eigenvalue weighted by Gasteiger charge is -2.28. The first-order valence-electron chi connectivity index (χ1n) is 8.56. The van der Waals surface area contributed by atoms with Crippen LogP contribution in [0.3, 0.4) is 0 Å². The van der Waals surface area contributed by atoms with Crippen LogP contribution in [0.5, 0.6) is 5.75 Å². The monoisotopic (exact) mass is 350 g/mol. The molecular formula is C20H18N2O4. The van der Waals surface area contributed by atoms with Gasteiger partial charge in [0.25, 0.3) is 11.8 Å². The standard InChI is InChI=1S/C20H18N2O4/c1-2-22-16-9-13(7-8-18(16)26-12-19(22)24)17(23)11-21-10-14-5-3-4-6-15(14)20(21)25/h3-9H,2,10-12H2,1H3. The summed E-state index contributed by atoms with van der Waals surface area (Å²) in [5.74, 6) is 0.172. The molecule has 0 aliphatic carbocycles. The van der Waals surface area contributed by atoms with Crippen molar-refractivity contribution in [2.75, 3.05) is 24.6 Å². The second kappa shape index (κ2) is 6.29. The second-order valence-electron chi connectivity index (χ2n) is 6.35. The van der Waals surface area contributed by atoms with Crippen LogP contribution in [0.15, 0.2) is 42.5 Å². The molecular weight excluding hydrogens is 332 g/mol. The zero-order valence-corrected chi connectivity index (χ0v) is 14.4. The van der Waals surface area contributed by atoms with E-state index in [9.17, 15) is 14.4 Å². The summed E-state index contributed by atoms with van der Waals surface area (Å²) >= 11 is 0. The largest absolute Gasteiger partial charge is 0.482 e. The minimum atomic E-state index is -0.164. The van der Waals surface area contributed by atoms with E-state index in [1.54, 1.807) is 34.1 Å². The zero-order chi connectivity index (χ0) is 18.3. The van der Waals surface area contributed by atoms with Crippen molar-refractivity contribution >= 4 is 23.3 Å². The molecule has 6 nitrogen and oxygen atoms in total. The van der Waals surface area contributed by atoms with Gasteiger partial charge in [-0.1, -0.05) is 18.2 Å². The molecule has 0 unspecified atom stereocenters. The summed E-state index contributed by atoms with van der Waals surface area (Å²) in [6.07, 6.45) is 0. The maximum Gasteiger partial charge on any atom is 0.265 e. The highest BCUT2D eigenvalue weighted by molar-refractivity contribution is 6.05. The van der Waals surface area contributed by atoms with Crippen LogP contribution in [0.2, 0.25) is 0 Å². The predicted octanol–water partition coefficient (Wildman–Crippen LogP) is 2.27. The number of nitrogens with zero attached hydrogens (tertiary/aromatic N) is 2. The zero-order valence-electron chi connectivity index (χ0n) is 14.4. The quantitative estimate of drug-likeness (QED) is 0.794. The van der Waals surface area contributed by atoms with Crippen molar-refractivity contribution in [3.63, 3.8) is 0 Å². The molecule has 0 spiro atoms.